The number of rotatable bonds is 4. The molecule has 1 aromatic heterocycles. The molecule has 2 fully saturated rings. The zero-order valence-corrected chi connectivity index (χ0v) is 20.1. The van der Waals surface area contributed by atoms with Crippen LogP contribution < -0.4 is 0 Å². The van der Waals surface area contributed by atoms with Gasteiger partial charge in [-0.1, -0.05) is 6.92 Å². The zero-order valence-electron chi connectivity index (χ0n) is 14.5. The Morgan fingerprint density at radius 3 is 2.40 bits per heavy atom. The summed E-state index contributed by atoms with van der Waals surface area (Å²) < 4.78 is 29.4. The minimum Gasteiger partial charge on any atom is -0.300 e. The van der Waals surface area contributed by atoms with E-state index < -0.39 is 10.0 Å². The Morgan fingerprint density at radius 2 is 1.84 bits per heavy atom. The van der Waals surface area contributed by atoms with Crippen LogP contribution in [-0.4, -0.2) is 49.8 Å². The molecule has 0 bridgehead atoms. The van der Waals surface area contributed by atoms with Gasteiger partial charge in [-0.3, -0.25) is 0 Å². The molecule has 0 radical (unpaired) electrons. The van der Waals surface area contributed by atoms with Crippen LogP contribution in [0.1, 0.15) is 39.0 Å². The van der Waals surface area contributed by atoms with Crippen molar-refractivity contribution in [3.63, 3.8) is 0 Å². The number of hydrogen-bond acceptors (Lipinski definition) is 4. The van der Waals surface area contributed by atoms with Crippen molar-refractivity contribution in [2.45, 2.75) is 55.3 Å². The minimum atomic E-state index is -3.41. The second-order valence-electron chi connectivity index (χ2n) is 7.05. The molecule has 0 N–H and O–H groups in total. The lowest BCUT2D eigenvalue weighted by Gasteiger charge is -2.35. The maximum Gasteiger partial charge on any atom is 0.252 e. The van der Waals surface area contributed by atoms with Gasteiger partial charge in [0.2, 0.25) is 0 Å². The maximum atomic E-state index is 12.9. The van der Waals surface area contributed by atoms with Crippen LogP contribution in [0.3, 0.4) is 0 Å². The summed E-state index contributed by atoms with van der Waals surface area (Å²) in [5.74, 6) is 0.831. The van der Waals surface area contributed by atoms with E-state index in [1.807, 2.05) is 0 Å². The third-order valence-corrected chi connectivity index (χ3v) is 11.1. The number of sulfonamides is 1. The molecule has 1 aliphatic heterocycles. The monoisotopic (exact) mass is 534 g/mol. The largest absolute Gasteiger partial charge is 0.300 e. The van der Waals surface area contributed by atoms with Crippen LogP contribution in [0.15, 0.2) is 18.5 Å². The number of likely N-dealkylation sites (tertiary alicyclic amines) is 1. The smallest absolute Gasteiger partial charge is 0.252 e. The molecule has 1 saturated carbocycles. The van der Waals surface area contributed by atoms with Crippen molar-refractivity contribution in [2.75, 3.05) is 20.1 Å². The molecule has 0 amide bonds. The van der Waals surface area contributed by atoms with Crippen LogP contribution >= 0.6 is 55.6 Å². The van der Waals surface area contributed by atoms with Crippen molar-refractivity contribution in [1.82, 2.24) is 9.21 Å². The van der Waals surface area contributed by atoms with Gasteiger partial charge in [-0.05, 0) is 89.0 Å². The lowest BCUT2D eigenvalue weighted by Crippen LogP contribution is -2.41. The molecule has 2 aliphatic rings. The van der Waals surface area contributed by atoms with Crippen molar-refractivity contribution in [2.24, 2.45) is 5.92 Å². The molecular weight excluding hydrogens is 512 g/mol. The zero-order chi connectivity index (χ0) is 17.5. The fourth-order valence-electron chi connectivity index (χ4n) is 3.78. The summed E-state index contributed by atoms with van der Waals surface area (Å²) in [6.07, 6.45) is 5.56. The van der Waals surface area contributed by atoms with E-state index in [-0.39, 0.29) is 18.4 Å². The predicted octanol–water partition coefficient (Wildman–Crippen LogP) is 4.97. The lowest BCUT2D eigenvalue weighted by molar-refractivity contribution is 0.136. The van der Waals surface area contributed by atoms with Gasteiger partial charge in [-0.25, -0.2) is 8.42 Å². The first kappa shape index (κ1) is 22.1. The standard InChI is InChI=1S/C16H24Br2N2O2S2.ClH/c1-11-5-7-20(8-6-11)13-4-3-12(9-13)19(2)24(21,22)15-10-14(17)16(18)23-15;/h10-13H,3-9H2,1-2H3;1H/t12-,13+;/m1./s1. The fourth-order valence-corrected chi connectivity index (χ4v) is 8.18. The third kappa shape index (κ3) is 4.81. The summed E-state index contributed by atoms with van der Waals surface area (Å²) in [6.45, 7) is 4.66. The minimum absolute atomic E-state index is 0. The average molecular weight is 537 g/mol. The van der Waals surface area contributed by atoms with E-state index in [1.54, 1.807) is 17.4 Å². The van der Waals surface area contributed by atoms with Gasteiger partial charge in [-0.2, -0.15) is 4.31 Å². The van der Waals surface area contributed by atoms with Crippen LogP contribution in [0, 0.1) is 5.92 Å². The van der Waals surface area contributed by atoms with E-state index in [9.17, 15) is 8.42 Å². The Labute approximate surface area is 178 Å². The molecule has 9 heteroatoms. The van der Waals surface area contributed by atoms with E-state index in [0.29, 0.717) is 10.3 Å². The van der Waals surface area contributed by atoms with Gasteiger partial charge in [0.15, 0.2) is 0 Å². The first-order chi connectivity index (χ1) is 11.3. The topological polar surface area (TPSA) is 40.6 Å². The second kappa shape index (κ2) is 8.88. The van der Waals surface area contributed by atoms with Crippen molar-refractivity contribution >= 4 is 65.6 Å². The SMILES string of the molecule is CC1CCN([C@H]2CC[C@@H](N(C)S(=O)(=O)c3cc(Br)c(Br)s3)C2)CC1.Cl. The highest BCUT2D eigenvalue weighted by molar-refractivity contribution is 9.13. The van der Waals surface area contributed by atoms with Gasteiger partial charge < -0.3 is 4.90 Å². The molecule has 3 rings (SSSR count). The van der Waals surface area contributed by atoms with Gasteiger partial charge in [-0.15, -0.1) is 23.7 Å². The summed E-state index contributed by atoms with van der Waals surface area (Å²) in [7, 11) is -1.68. The number of nitrogens with zero attached hydrogens (tertiary/aromatic N) is 2. The molecule has 0 unspecified atom stereocenters. The summed E-state index contributed by atoms with van der Waals surface area (Å²) in [4.78, 5) is 2.58. The van der Waals surface area contributed by atoms with Crippen molar-refractivity contribution in [3.05, 3.63) is 14.3 Å². The van der Waals surface area contributed by atoms with Crippen LogP contribution in [0.2, 0.25) is 0 Å². The summed E-state index contributed by atoms with van der Waals surface area (Å²) >= 11 is 8.04. The van der Waals surface area contributed by atoms with Gasteiger partial charge in [0.05, 0.1) is 3.79 Å². The first-order valence-electron chi connectivity index (χ1n) is 8.46. The molecule has 4 nitrogen and oxygen atoms in total. The lowest BCUT2D eigenvalue weighted by atomic mass is 9.97. The van der Waals surface area contributed by atoms with Gasteiger partial charge in [0, 0.05) is 23.6 Å². The second-order valence-corrected chi connectivity index (χ2v) is 12.5. The van der Waals surface area contributed by atoms with E-state index in [4.69, 9.17) is 0 Å². The Hall–Kier alpha value is 0.820. The normalized spacial score (nSPS) is 26.1. The molecule has 2 atom stereocenters. The number of halogens is 3. The fraction of sp³-hybridized carbons (Fsp3) is 0.750. The van der Waals surface area contributed by atoms with Crippen LogP contribution in [0.25, 0.3) is 0 Å². The molecule has 2 heterocycles. The Kier molecular flexibility index (Phi) is 7.86. The van der Waals surface area contributed by atoms with Crippen molar-refractivity contribution in [1.29, 1.82) is 0 Å². The highest BCUT2D eigenvalue weighted by atomic mass is 79.9. The quantitative estimate of drug-likeness (QED) is 0.546. The average Bonchev–Trinajstić information content (AvgIpc) is 3.15. The van der Waals surface area contributed by atoms with E-state index >= 15 is 0 Å². The summed E-state index contributed by atoms with van der Waals surface area (Å²) in [5, 5.41) is 0. The highest BCUT2D eigenvalue weighted by Gasteiger charge is 2.37. The molecule has 1 saturated heterocycles. The predicted molar refractivity (Wildman–Crippen MR) is 113 cm³/mol. The Bertz CT molecular complexity index is 671. The number of piperidine rings is 1. The molecule has 25 heavy (non-hydrogen) atoms. The Balaban J connectivity index is 0.00000225. The van der Waals surface area contributed by atoms with Crippen LogP contribution in [0.4, 0.5) is 0 Å². The molecule has 144 valence electrons. The van der Waals surface area contributed by atoms with E-state index in [0.717, 1.165) is 33.4 Å². The summed E-state index contributed by atoms with van der Waals surface area (Å²) in [6, 6.07) is 2.35. The molecule has 1 aliphatic carbocycles. The molecular formula is C16H25Br2ClN2O2S2. The number of hydrogen-bond donors (Lipinski definition) is 0. The maximum absolute atomic E-state index is 12.9. The molecule has 1 aromatic rings. The molecule has 0 spiro atoms. The van der Waals surface area contributed by atoms with Crippen LogP contribution in [-0.2, 0) is 10.0 Å². The van der Waals surface area contributed by atoms with Crippen molar-refractivity contribution < 1.29 is 8.42 Å². The van der Waals surface area contributed by atoms with Crippen molar-refractivity contribution in [3.8, 4) is 0 Å². The first-order valence-corrected chi connectivity index (χ1v) is 12.3. The Morgan fingerprint density at radius 1 is 1.20 bits per heavy atom. The van der Waals surface area contributed by atoms with Gasteiger partial charge >= 0.3 is 0 Å². The molecule has 0 aromatic carbocycles. The third-order valence-electron chi connectivity index (χ3n) is 5.48. The van der Waals surface area contributed by atoms with E-state index in [2.05, 4.69) is 43.7 Å². The van der Waals surface area contributed by atoms with Gasteiger partial charge in [0.25, 0.3) is 10.0 Å². The van der Waals surface area contributed by atoms with Gasteiger partial charge in [0.1, 0.15) is 4.21 Å². The summed E-state index contributed by atoms with van der Waals surface area (Å²) in [5.41, 5.74) is 0. The van der Waals surface area contributed by atoms with Crippen LogP contribution in [0.5, 0.6) is 0 Å². The highest BCUT2D eigenvalue weighted by Crippen LogP contribution is 2.38. The number of thiophene rings is 1. The van der Waals surface area contributed by atoms with E-state index in [1.165, 1.54) is 37.3 Å².